The van der Waals surface area contributed by atoms with Crippen LogP contribution in [0.25, 0.3) is 0 Å². The van der Waals surface area contributed by atoms with Gasteiger partial charge in [0.15, 0.2) is 10.8 Å². The number of anilines is 2. The first kappa shape index (κ1) is 11.4. The standard InChI is InChI=1S/C9H11N5O2S/c1-14-6-12-8(10)9(14)17(15,16)13-7-3-2-4-11-5-7/h2-6,13H,10H2,1H3. The number of nitrogens with two attached hydrogens (primary N) is 1. The van der Waals surface area contributed by atoms with E-state index < -0.39 is 10.0 Å². The van der Waals surface area contributed by atoms with E-state index in [1.807, 2.05) is 0 Å². The number of nitrogen functional groups attached to an aromatic ring is 1. The summed E-state index contributed by atoms with van der Waals surface area (Å²) in [5.74, 6) is -0.0381. The topological polar surface area (TPSA) is 103 Å². The molecule has 90 valence electrons. The number of aromatic nitrogens is 3. The third-order valence-electron chi connectivity index (χ3n) is 2.08. The predicted octanol–water partition coefficient (Wildman–Crippen LogP) is 0.198. The Morgan fingerprint density at radius 1 is 1.47 bits per heavy atom. The molecule has 0 aromatic carbocycles. The van der Waals surface area contributed by atoms with E-state index in [9.17, 15) is 8.42 Å². The van der Waals surface area contributed by atoms with Crippen LogP contribution in [0, 0.1) is 0 Å². The van der Waals surface area contributed by atoms with Crippen molar-refractivity contribution >= 4 is 21.5 Å². The maximum absolute atomic E-state index is 12.0. The van der Waals surface area contributed by atoms with E-state index in [0.29, 0.717) is 5.69 Å². The molecule has 2 aromatic rings. The van der Waals surface area contributed by atoms with Gasteiger partial charge in [0.2, 0.25) is 0 Å². The maximum Gasteiger partial charge on any atom is 0.281 e. The average molecular weight is 253 g/mol. The number of imidazole rings is 1. The third kappa shape index (κ3) is 2.21. The van der Waals surface area contributed by atoms with E-state index in [4.69, 9.17) is 5.73 Å². The zero-order chi connectivity index (χ0) is 12.5. The Morgan fingerprint density at radius 2 is 2.24 bits per heavy atom. The molecule has 2 aromatic heterocycles. The molecular weight excluding hydrogens is 242 g/mol. The van der Waals surface area contributed by atoms with Crippen molar-refractivity contribution < 1.29 is 8.42 Å². The molecule has 2 rings (SSSR count). The lowest BCUT2D eigenvalue weighted by Crippen LogP contribution is -2.17. The van der Waals surface area contributed by atoms with Gasteiger partial charge in [-0.1, -0.05) is 0 Å². The Hall–Kier alpha value is -2.09. The molecule has 0 saturated heterocycles. The lowest BCUT2D eigenvalue weighted by atomic mass is 10.4. The lowest BCUT2D eigenvalue weighted by molar-refractivity contribution is 0.592. The third-order valence-corrected chi connectivity index (χ3v) is 3.59. The zero-order valence-corrected chi connectivity index (χ0v) is 9.85. The maximum atomic E-state index is 12.0. The summed E-state index contributed by atoms with van der Waals surface area (Å²) >= 11 is 0. The number of nitrogens with zero attached hydrogens (tertiary/aromatic N) is 3. The van der Waals surface area contributed by atoms with Gasteiger partial charge in [-0.15, -0.1) is 0 Å². The molecule has 0 spiro atoms. The van der Waals surface area contributed by atoms with Crippen molar-refractivity contribution in [3.8, 4) is 0 Å². The summed E-state index contributed by atoms with van der Waals surface area (Å²) in [4.78, 5) is 7.54. The second kappa shape index (κ2) is 4.06. The summed E-state index contributed by atoms with van der Waals surface area (Å²) in [7, 11) is -2.19. The fourth-order valence-electron chi connectivity index (χ4n) is 1.39. The van der Waals surface area contributed by atoms with Crippen molar-refractivity contribution in [1.29, 1.82) is 0 Å². The van der Waals surface area contributed by atoms with Crippen molar-refractivity contribution in [2.24, 2.45) is 7.05 Å². The van der Waals surface area contributed by atoms with Gasteiger partial charge in [-0.3, -0.25) is 9.71 Å². The highest BCUT2D eigenvalue weighted by atomic mass is 32.2. The number of pyridine rings is 1. The highest BCUT2D eigenvalue weighted by molar-refractivity contribution is 7.92. The molecule has 8 heteroatoms. The number of sulfonamides is 1. The Labute approximate surface area is 98.4 Å². The van der Waals surface area contributed by atoms with E-state index in [0.717, 1.165) is 0 Å². The quantitative estimate of drug-likeness (QED) is 0.813. The summed E-state index contributed by atoms with van der Waals surface area (Å²) in [5, 5.41) is -0.0682. The van der Waals surface area contributed by atoms with Gasteiger partial charge in [0, 0.05) is 13.2 Å². The van der Waals surface area contributed by atoms with Crippen molar-refractivity contribution in [2.75, 3.05) is 10.5 Å². The monoisotopic (exact) mass is 253 g/mol. The molecule has 0 aliphatic carbocycles. The van der Waals surface area contributed by atoms with Crippen molar-refractivity contribution in [1.82, 2.24) is 14.5 Å². The molecule has 7 nitrogen and oxygen atoms in total. The summed E-state index contributed by atoms with van der Waals surface area (Å²) in [5.41, 5.74) is 5.88. The van der Waals surface area contributed by atoms with Crippen LogP contribution in [0.15, 0.2) is 35.9 Å². The van der Waals surface area contributed by atoms with Gasteiger partial charge in [-0.25, -0.2) is 4.98 Å². The van der Waals surface area contributed by atoms with Gasteiger partial charge in [0.1, 0.15) is 0 Å². The molecule has 0 amide bonds. The second-order valence-electron chi connectivity index (χ2n) is 3.39. The molecule has 3 N–H and O–H groups in total. The van der Waals surface area contributed by atoms with Crippen LogP contribution in [-0.4, -0.2) is 23.0 Å². The van der Waals surface area contributed by atoms with Crippen LogP contribution < -0.4 is 10.5 Å². The molecule has 0 atom stereocenters. The van der Waals surface area contributed by atoms with Gasteiger partial charge in [-0.05, 0) is 12.1 Å². The summed E-state index contributed by atoms with van der Waals surface area (Å²) in [6.07, 6.45) is 4.30. The summed E-state index contributed by atoms with van der Waals surface area (Å²) < 4.78 is 27.8. The minimum absolute atomic E-state index is 0.0381. The minimum atomic E-state index is -3.75. The van der Waals surface area contributed by atoms with Crippen molar-refractivity contribution in [2.45, 2.75) is 5.03 Å². The van der Waals surface area contributed by atoms with Crippen LogP contribution >= 0.6 is 0 Å². The second-order valence-corrected chi connectivity index (χ2v) is 4.99. The number of hydrogen-bond donors (Lipinski definition) is 2. The van der Waals surface area contributed by atoms with Crippen molar-refractivity contribution in [3.63, 3.8) is 0 Å². The summed E-state index contributed by atoms with van der Waals surface area (Å²) in [6.45, 7) is 0. The molecule has 17 heavy (non-hydrogen) atoms. The Bertz CT molecular complexity index is 601. The van der Waals surface area contributed by atoms with Crippen LogP contribution in [0.4, 0.5) is 11.5 Å². The number of hydrogen-bond acceptors (Lipinski definition) is 5. The Kier molecular flexibility index (Phi) is 2.72. The highest BCUT2D eigenvalue weighted by Crippen LogP contribution is 2.18. The highest BCUT2D eigenvalue weighted by Gasteiger charge is 2.22. The first-order valence-electron chi connectivity index (χ1n) is 4.70. The zero-order valence-electron chi connectivity index (χ0n) is 9.03. The van der Waals surface area contributed by atoms with E-state index >= 15 is 0 Å². The first-order chi connectivity index (χ1) is 8.00. The van der Waals surface area contributed by atoms with Gasteiger partial charge >= 0.3 is 0 Å². The number of rotatable bonds is 3. The van der Waals surface area contributed by atoms with Crippen LogP contribution in [0.1, 0.15) is 0 Å². The van der Waals surface area contributed by atoms with Crippen LogP contribution in [0.2, 0.25) is 0 Å². The van der Waals surface area contributed by atoms with E-state index in [-0.39, 0.29) is 10.8 Å². The molecule has 0 radical (unpaired) electrons. The Balaban J connectivity index is 2.39. The lowest BCUT2D eigenvalue weighted by Gasteiger charge is -2.08. The molecule has 0 saturated carbocycles. The smallest absolute Gasteiger partial charge is 0.281 e. The molecule has 0 aliphatic rings. The Morgan fingerprint density at radius 3 is 2.76 bits per heavy atom. The molecule has 2 heterocycles. The molecule has 0 fully saturated rings. The fourth-order valence-corrected chi connectivity index (χ4v) is 2.67. The van der Waals surface area contributed by atoms with Gasteiger partial charge in [0.05, 0.1) is 18.2 Å². The van der Waals surface area contributed by atoms with Gasteiger partial charge in [0.25, 0.3) is 10.0 Å². The average Bonchev–Trinajstić information content (AvgIpc) is 2.59. The SMILES string of the molecule is Cn1cnc(N)c1S(=O)(=O)Nc1cccnc1. The van der Waals surface area contributed by atoms with Gasteiger partial charge < -0.3 is 10.3 Å². The first-order valence-corrected chi connectivity index (χ1v) is 6.18. The van der Waals surface area contributed by atoms with E-state index in [2.05, 4.69) is 14.7 Å². The summed E-state index contributed by atoms with van der Waals surface area (Å²) in [6, 6.07) is 3.22. The molecule has 0 aliphatic heterocycles. The molecule has 0 unspecified atom stereocenters. The van der Waals surface area contributed by atoms with Crippen LogP contribution in [0.5, 0.6) is 0 Å². The van der Waals surface area contributed by atoms with E-state index in [1.54, 1.807) is 25.4 Å². The van der Waals surface area contributed by atoms with Crippen LogP contribution in [-0.2, 0) is 17.1 Å². The minimum Gasteiger partial charge on any atom is -0.381 e. The predicted molar refractivity (Wildman–Crippen MR) is 62.7 cm³/mol. The largest absolute Gasteiger partial charge is 0.381 e. The molecular formula is C9H11N5O2S. The van der Waals surface area contributed by atoms with Crippen molar-refractivity contribution in [3.05, 3.63) is 30.9 Å². The normalized spacial score (nSPS) is 11.4. The number of aryl methyl sites for hydroxylation is 1. The van der Waals surface area contributed by atoms with Crippen LogP contribution in [0.3, 0.4) is 0 Å². The fraction of sp³-hybridized carbons (Fsp3) is 0.111. The van der Waals surface area contributed by atoms with Gasteiger partial charge in [-0.2, -0.15) is 8.42 Å². The van der Waals surface area contributed by atoms with E-state index in [1.165, 1.54) is 17.1 Å². The molecule has 0 bridgehead atoms. The number of nitrogens with one attached hydrogen (secondary N) is 1.